The van der Waals surface area contributed by atoms with Crippen molar-refractivity contribution in [1.29, 1.82) is 0 Å². The van der Waals surface area contributed by atoms with Gasteiger partial charge < -0.3 is 28.8 Å². The third-order valence-electron chi connectivity index (χ3n) is 11.3. The lowest BCUT2D eigenvalue weighted by Crippen LogP contribution is -2.45. The zero-order valence-corrected chi connectivity index (χ0v) is 43.6. The molecule has 0 heterocycles. The Morgan fingerprint density at radius 2 is 0.954 bits per heavy atom. The molecule has 0 spiro atoms. The summed E-state index contributed by atoms with van der Waals surface area (Å²) in [5.74, 6) is -0.211. The monoisotopic (exact) mass is 929 g/mol. The summed E-state index contributed by atoms with van der Waals surface area (Å²) in [7, 11) is 1.24. The van der Waals surface area contributed by atoms with Crippen LogP contribution in [0, 0.1) is 0 Å². The molecule has 0 saturated heterocycles. The number of likely N-dealkylation sites (N-methyl/N-ethyl adjacent to an activating group) is 1. The largest absolute Gasteiger partial charge is 0.756 e. The third-order valence-corrected chi connectivity index (χ3v) is 12.3. The standard InChI is InChI=1S/C56H101N2O6P/c1-6-8-10-12-14-16-18-20-21-22-23-24-25-26-27-28-29-30-31-32-33-34-35-36-37-38-40-42-44-46-48-50-56(60)57-54(53-64-65(61,62)63-52-51-58(3,4)5)55(59)49-47-45-43-41-39-19-17-15-13-11-9-7-2/h8,10,14,16,20-21,23-24,26-27,39,41,47,49,54-55,59H,6-7,9,11-13,15,17-19,22,25,28-38,40,42-46,48,50-53H2,1-5H3,(H-,57,60,61,62)/b10-8-,16-14-,21-20-,24-23-,27-26-,41-39+,49-47+. The second-order valence-corrected chi connectivity index (χ2v) is 20.2. The molecule has 3 atom stereocenters. The molecule has 0 saturated carbocycles. The van der Waals surface area contributed by atoms with Gasteiger partial charge in [0.1, 0.15) is 13.2 Å². The molecule has 3 unspecified atom stereocenters. The minimum atomic E-state index is -4.60. The molecule has 8 nitrogen and oxygen atoms in total. The Bertz CT molecular complexity index is 1330. The number of nitrogens with zero attached hydrogens (tertiary/aromatic N) is 1. The molecule has 376 valence electrons. The minimum absolute atomic E-state index is 0.00912. The van der Waals surface area contributed by atoms with Gasteiger partial charge in [0, 0.05) is 6.42 Å². The van der Waals surface area contributed by atoms with Crippen LogP contribution in [0.4, 0.5) is 0 Å². The van der Waals surface area contributed by atoms with Crippen molar-refractivity contribution in [3.63, 3.8) is 0 Å². The highest BCUT2D eigenvalue weighted by Gasteiger charge is 2.23. The Balaban J connectivity index is 4.12. The van der Waals surface area contributed by atoms with E-state index >= 15 is 0 Å². The highest BCUT2D eigenvalue weighted by molar-refractivity contribution is 7.45. The molecule has 2 N–H and O–H groups in total. The molecular formula is C56H101N2O6P. The van der Waals surface area contributed by atoms with Crippen molar-refractivity contribution < 1.29 is 32.9 Å². The van der Waals surface area contributed by atoms with E-state index in [1.165, 1.54) is 122 Å². The van der Waals surface area contributed by atoms with Crippen LogP contribution in [-0.4, -0.2) is 68.5 Å². The maximum Gasteiger partial charge on any atom is 0.268 e. The van der Waals surface area contributed by atoms with Crippen molar-refractivity contribution in [3.05, 3.63) is 85.1 Å². The van der Waals surface area contributed by atoms with Crippen LogP contribution >= 0.6 is 7.82 Å². The Kier molecular flexibility index (Phi) is 45.1. The summed E-state index contributed by atoms with van der Waals surface area (Å²) in [6, 6.07) is -0.906. The first kappa shape index (κ1) is 62.7. The average Bonchev–Trinajstić information content (AvgIpc) is 3.26. The van der Waals surface area contributed by atoms with E-state index in [1.807, 2.05) is 27.2 Å². The van der Waals surface area contributed by atoms with Crippen molar-refractivity contribution in [3.8, 4) is 0 Å². The molecule has 0 bridgehead atoms. The number of hydrogen-bond acceptors (Lipinski definition) is 6. The Hall–Kier alpha value is -2.32. The smallest absolute Gasteiger partial charge is 0.268 e. The van der Waals surface area contributed by atoms with Gasteiger partial charge in [0.15, 0.2) is 0 Å². The lowest BCUT2D eigenvalue weighted by Gasteiger charge is -2.29. The van der Waals surface area contributed by atoms with E-state index in [9.17, 15) is 19.4 Å². The summed E-state index contributed by atoms with van der Waals surface area (Å²) in [6.07, 6.45) is 65.2. The molecule has 0 aromatic heterocycles. The van der Waals surface area contributed by atoms with Crippen molar-refractivity contribution in [2.75, 3.05) is 40.9 Å². The molecule has 9 heteroatoms. The molecule has 0 aliphatic heterocycles. The van der Waals surface area contributed by atoms with Gasteiger partial charge in [-0.1, -0.05) is 214 Å². The predicted molar refractivity (Wildman–Crippen MR) is 279 cm³/mol. The van der Waals surface area contributed by atoms with Gasteiger partial charge in [-0.25, -0.2) is 0 Å². The van der Waals surface area contributed by atoms with Gasteiger partial charge in [0.25, 0.3) is 7.82 Å². The second kappa shape index (κ2) is 46.8. The van der Waals surface area contributed by atoms with Crippen molar-refractivity contribution in [1.82, 2.24) is 5.32 Å². The molecular weight excluding hydrogens is 828 g/mol. The van der Waals surface area contributed by atoms with Crippen LogP contribution in [-0.2, 0) is 18.4 Å². The zero-order valence-electron chi connectivity index (χ0n) is 42.7. The number of aliphatic hydroxyl groups excluding tert-OH is 1. The predicted octanol–water partition coefficient (Wildman–Crippen LogP) is 15.1. The van der Waals surface area contributed by atoms with Gasteiger partial charge in [-0.05, 0) is 77.0 Å². The maximum atomic E-state index is 12.9. The lowest BCUT2D eigenvalue weighted by atomic mass is 10.0. The normalized spacial score (nSPS) is 14.8. The van der Waals surface area contributed by atoms with Gasteiger partial charge in [-0.15, -0.1) is 0 Å². The van der Waals surface area contributed by atoms with Crippen LogP contribution in [0.2, 0.25) is 0 Å². The third kappa shape index (κ3) is 49.4. The summed E-state index contributed by atoms with van der Waals surface area (Å²) in [5.41, 5.74) is 0. The summed E-state index contributed by atoms with van der Waals surface area (Å²) >= 11 is 0. The zero-order chi connectivity index (χ0) is 47.8. The molecule has 65 heavy (non-hydrogen) atoms. The molecule has 0 aromatic rings. The fourth-order valence-electron chi connectivity index (χ4n) is 7.19. The molecule has 0 aliphatic carbocycles. The highest BCUT2D eigenvalue weighted by atomic mass is 31.2. The van der Waals surface area contributed by atoms with E-state index in [0.29, 0.717) is 17.4 Å². The van der Waals surface area contributed by atoms with Crippen LogP contribution in [0.5, 0.6) is 0 Å². The molecule has 0 fully saturated rings. The SMILES string of the molecule is CC/C=C\C/C=C\C/C=C\C/C=C\C/C=C\CCCCCCCCCCCCCCCCCC(=O)NC(COP(=O)([O-])OCC[N+](C)(C)C)C(O)/C=C/CC/C=C/CCCCCCCC. The number of phosphoric acid groups is 1. The van der Waals surface area contributed by atoms with E-state index in [4.69, 9.17) is 9.05 Å². The van der Waals surface area contributed by atoms with Crippen LogP contribution < -0.4 is 10.2 Å². The first-order valence-corrected chi connectivity index (χ1v) is 27.9. The number of carbonyl (C=O) groups is 1. The van der Waals surface area contributed by atoms with Crippen molar-refractivity contribution >= 4 is 13.7 Å². The summed E-state index contributed by atoms with van der Waals surface area (Å²) in [5, 5.41) is 13.8. The Morgan fingerprint density at radius 1 is 0.554 bits per heavy atom. The quantitative estimate of drug-likeness (QED) is 0.0272. The molecule has 0 aliphatic rings. The van der Waals surface area contributed by atoms with Crippen LogP contribution in [0.25, 0.3) is 0 Å². The molecule has 0 radical (unpaired) electrons. The van der Waals surface area contributed by atoms with E-state index in [2.05, 4.69) is 92.1 Å². The topological polar surface area (TPSA) is 108 Å². The fraction of sp³-hybridized carbons (Fsp3) is 0.732. The van der Waals surface area contributed by atoms with E-state index in [-0.39, 0.29) is 12.5 Å². The minimum Gasteiger partial charge on any atom is -0.756 e. The van der Waals surface area contributed by atoms with Gasteiger partial charge in [0.2, 0.25) is 5.91 Å². The maximum absolute atomic E-state index is 12.9. The highest BCUT2D eigenvalue weighted by Crippen LogP contribution is 2.38. The number of amides is 1. The van der Waals surface area contributed by atoms with E-state index < -0.39 is 26.6 Å². The van der Waals surface area contributed by atoms with Crippen LogP contribution in [0.1, 0.15) is 213 Å². The average molecular weight is 929 g/mol. The number of aliphatic hydroxyl groups is 1. The molecule has 1 amide bonds. The number of allylic oxidation sites excluding steroid dienone is 13. The summed E-state index contributed by atoms with van der Waals surface area (Å²) < 4.78 is 23.2. The van der Waals surface area contributed by atoms with Gasteiger partial charge in [-0.3, -0.25) is 9.36 Å². The van der Waals surface area contributed by atoms with Gasteiger partial charge in [-0.2, -0.15) is 0 Å². The number of quaternary nitrogens is 1. The second-order valence-electron chi connectivity index (χ2n) is 18.8. The summed E-state index contributed by atoms with van der Waals surface area (Å²) in [4.78, 5) is 25.4. The first-order valence-electron chi connectivity index (χ1n) is 26.4. The number of rotatable bonds is 47. The van der Waals surface area contributed by atoms with E-state index in [0.717, 1.165) is 70.6 Å². The van der Waals surface area contributed by atoms with Crippen LogP contribution in [0.15, 0.2) is 85.1 Å². The van der Waals surface area contributed by atoms with Gasteiger partial charge >= 0.3 is 0 Å². The number of carbonyl (C=O) groups excluding carboxylic acids is 1. The Labute approximate surface area is 401 Å². The fourth-order valence-corrected chi connectivity index (χ4v) is 7.92. The van der Waals surface area contributed by atoms with Crippen molar-refractivity contribution in [2.45, 2.75) is 225 Å². The number of hydrogen-bond donors (Lipinski definition) is 2. The first-order chi connectivity index (χ1) is 31.5. The Morgan fingerprint density at radius 3 is 1.43 bits per heavy atom. The van der Waals surface area contributed by atoms with Gasteiger partial charge in [0.05, 0.1) is 39.9 Å². The van der Waals surface area contributed by atoms with E-state index in [1.54, 1.807) is 6.08 Å². The summed E-state index contributed by atoms with van der Waals surface area (Å²) in [6.45, 7) is 4.49. The van der Waals surface area contributed by atoms with Crippen LogP contribution in [0.3, 0.4) is 0 Å². The molecule has 0 aromatic carbocycles. The lowest BCUT2D eigenvalue weighted by molar-refractivity contribution is -0.870. The molecule has 0 rings (SSSR count). The number of unbranched alkanes of at least 4 members (excludes halogenated alkanes) is 22. The number of nitrogens with one attached hydrogen (secondary N) is 1. The van der Waals surface area contributed by atoms with Crippen molar-refractivity contribution in [2.24, 2.45) is 0 Å². The number of phosphoric ester groups is 1.